The van der Waals surface area contributed by atoms with Crippen LogP contribution in [0.4, 0.5) is 10.1 Å². The summed E-state index contributed by atoms with van der Waals surface area (Å²) < 4.78 is 46.9. The smallest absolute Gasteiger partial charge is 0.265 e. The third-order valence-electron chi connectivity index (χ3n) is 6.21. The number of rotatable bonds is 8. The third-order valence-corrected chi connectivity index (χ3v) is 8.12. The van der Waals surface area contributed by atoms with E-state index < -0.39 is 27.9 Å². The molecule has 0 saturated carbocycles. The Balaban J connectivity index is 1.32. The second kappa shape index (κ2) is 11.0. The molecule has 0 radical (unpaired) electrons. The Bertz CT molecular complexity index is 1240. The van der Waals surface area contributed by atoms with Gasteiger partial charge in [0, 0.05) is 18.8 Å². The molecular weight excluding hydrogens is 467 g/mol. The van der Waals surface area contributed by atoms with Crippen molar-refractivity contribution < 1.29 is 22.3 Å². The van der Waals surface area contributed by atoms with Crippen LogP contribution in [0.5, 0.6) is 5.75 Å². The van der Waals surface area contributed by atoms with E-state index in [-0.39, 0.29) is 10.6 Å². The zero-order valence-electron chi connectivity index (χ0n) is 19.6. The summed E-state index contributed by atoms with van der Waals surface area (Å²) in [5, 5.41) is 2.67. The number of anilines is 1. The van der Waals surface area contributed by atoms with Crippen LogP contribution in [0.25, 0.3) is 0 Å². The fraction of sp³-hybridized carbons (Fsp3) is 0.296. The monoisotopic (exact) mass is 496 g/mol. The molecule has 184 valence electrons. The summed E-state index contributed by atoms with van der Waals surface area (Å²) in [5.74, 6) is -0.561. The maximum absolute atomic E-state index is 13.8. The molecule has 4 rings (SSSR count). The lowest BCUT2D eigenvalue weighted by Gasteiger charge is -2.31. The van der Waals surface area contributed by atoms with E-state index in [2.05, 4.69) is 17.4 Å². The van der Waals surface area contributed by atoms with E-state index in [0.717, 1.165) is 19.3 Å². The van der Waals surface area contributed by atoms with Crippen molar-refractivity contribution in [1.29, 1.82) is 0 Å². The van der Waals surface area contributed by atoms with Gasteiger partial charge in [0.25, 0.3) is 5.91 Å². The van der Waals surface area contributed by atoms with Crippen LogP contribution in [0.1, 0.15) is 25.3 Å². The van der Waals surface area contributed by atoms with Crippen LogP contribution < -0.4 is 10.1 Å². The normalized spacial score (nSPS) is 15.9. The fourth-order valence-corrected chi connectivity index (χ4v) is 5.66. The van der Waals surface area contributed by atoms with Gasteiger partial charge < -0.3 is 10.1 Å². The van der Waals surface area contributed by atoms with Gasteiger partial charge in [0.15, 0.2) is 17.7 Å². The van der Waals surface area contributed by atoms with Crippen molar-refractivity contribution in [3.05, 3.63) is 90.2 Å². The van der Waals surface area contributed by atoms with Crippen molar-refractivity contribution in [2.45, 2.75) is 37.2 Å². The topological polar surface area (TPSA) is 75.7 Å². The minimum atomic E-state index is -3.61. The van der Waals surface area contributed by atoms with Crippen molar-refractivity contribution in [3.63, 3.8) is 0 Å². The van der Waals surface area contributed by atoms with Gasteiger partial charge in [-0.25, -0.2) is 12.8 Å². The van der Waals surface area contributed by atoms with Crippen LogP contribution >= 0.6 is 0 Å². The van der Waals surface area contributed by atoms with E-state index >= 15 is 0 Å². The fourth-order valence-electron chi connectivity index (χ4n) is 4.19. The van der Waals surface area contributed by atoms with Gasteiger partial charge in [-0.3, -0.25) is 4.79 Å². The molecular formula is C27H29FN2O4S. The van der Waals surface area contributed by atoms with Crippen molar-refractivity contribution >= 4 is 21.6 Å². The molecule has 3 aromatic rings. The molecule has 8 heteroatoms. The molecule has 35 heavy (non-hydrogen) atoms. The zero-order chi connectivity index (χ0) is 24.8. The van der Waals surface area contributed by atoms with E-state index in [1.165, 1.54) is 47.1 Å². The van der Waals surface area contributed by atoms with Crippen molar-refractivity contribution in [3.8, 4) is 5.75 Å². The largest absolute Gasteiger partial charge is 0.478 e. The molecule has 1 saturated heterocycles. The number of hydrogen-bond donors (Lipinski definition) is 1. The Morgan fingerprint density at radius 2 is 1.63 bits per heavy atom. The highest BCUT2D eigenvalue weighted by Gasteiger charge is 2.29. The number of para-hydroxylation sites is 1. The number of carbonyl (C=O) groups excluding carboxylic acids is 1. The number of carbonyl (C=O) groups is 1. The molecule has 1 fully saturated rings. The number of hydrogen-bond acceptors (Lipinski definition) is 4. The highest BCUT2D eigenvalue weighted by Crippen LogP contribution is 2.27. The van der Waals surface area contributed by atoms with E-state index in [0.29, 0.717) is 24.7 Å². The number of benzene rings is 3. The summed E-state index contributed by atoms with van der Waals surface area (Å²) >= 11 is 0. The summed E-state index contributed by atoms with van der Waals surface area (Å²) in [6.07, 6.45) is 1.67. The van der Waals surface area contributed by atoms with Gasteiger partial charge in [0.05, 0.1) is 4.90 Å². The molecule has 0 bridgehead atoms. The zero-order valence-corrected chi connectivity index (χ0v) is 20.4. The average molecular weight is 497 g/mol. The Morgan fingerprint density at radius 1 is 1.00 bits per heavy atom. The Labute approximate surface area is 205 Å². The van der Waals surface area contributed by atoms with E-state index in [1.54, 1.807) is 18.2 Å². The highest BCUT2D eigenvalue weighted by molar-refractivity contribution is 7.89. The minimum Gasteiger partial charge on any atom is -0.478 e. The Morgan fingerprint density at radius 3 is 2.29 bits per heavy atom. The van der Waals surface area contributed by atoms with Gasteiger partial charge in [0.2, 0.25) is 10.0 Å². The number of halogens is 1. The van der Waals surface area contributed by atoms with Gasteiger partial charge in [-0.2, -0.15) is 4.31 Å². The van der Waals surface area contributed by atoms with Crippen LogP contribution in [0.2, 0.25) is 0 Å². The predicted octanol–water partition coefficient (Wildman–Crippen LogP) is 4.88. The van der Waals surface area contributed by atoms with Crippen molar-refractivity contribution in [2.75, 3.05) is 18.4 Å². The molecule has 6 nitrogen and oxygen atoms in total. The first-order valence-corrected chi connectivity index (χ1v) is 13.1. The van der Waals surface area contributed by atoms with Gasteiger partial charge in [0.1, 0.15) is 0 Å². The summed E-state index contributed by atoms with van der Waals surface area (Å²) in [6, 6.07) is 22.2. The SMILES string of the molecule is C[C@@H](Oc1ccccc1F)C(=O)Nc1ccc(S(=O)(=O)N2CCC(Cc3ccccc3)CC2)cc1. The quantitative estimate of drug-likeness (QED) is 0.483. The van der Waals surface area contributed by atoms with E-state index in [1.807, 2.05) is 18.2 Å². The molecule has 1 amide bonds. The number of piperidine rings is 1. The molecule has 1 aliphatic heterocycles. The summed E-state index contributed by atoms with van der Waals surface area (Å²) in [5.41, 5.74) is 1.71. The molecule has 1 atom stereocenters. The maximum atomic E-state index is 13.8. The number of amides is 1. The van der Waals surface area contributed by atoms with Gasteiger partial charge in [-0.15, -0.1) is 0 Å². The number of nitrogens with one attached hydrogen (secondary N) is 1. The number of sulfonamides is 1. The van der Waals surface area contributed by atoms with Gasteiger partial charge >= 0.3 is 0 Å². The molecule has 1 heterocycles. The standard InChI is InChI=1S/C27H29FN2O4S/c1-20(34-26-10-6-5-9-25(26)28)27(31)29-23-11-13-24(14-12-23)35(32,33)30-17-15-22(16-18-30)19-21-7-3-2-4-8-21/h2-14,20,22H,15-19H2,1H3,(H,29,31)/t20-/m1/s1. The molecule has 1 aliphatic rings. The molecule has 1 N–H and O–H groups in total. The average Bonchev–Trinajstić information content (AvgIpc) is 2.86. The predicted molar refractivity (Wildman–Crippen MR) is 133 cm³/mol. The van der Waals surface area contributed by atoms with Crippen LogP contribution in [0.3, 0.4) is 0 Å². The van der Waals surface area contributed by atoms with Crippen LogP contribution in [0.15, 0.2) is 83.8 Å². The van der Waals surface area contributed by atoms with E-state index in [9.17, 15) is 17.6 Å². The summed E-state index contributed by atoms with van der Waals surface area (Å²) in [7, 11) is -3.61. The molecule has 0 unspecified atom stereocenters. The first-order valence-electron chi connectivity index (χ1n) is 11.7. The number of ether oxygens (including phenoxy) is 1. The second-order valence-electron chi connectivity index (χ2n) is 8.74. The van der Waals surface area contributed by atoms with E-state index in [4.69, 9.17) is 4.74 Å². The first-order chi connectivity index (χ1) is 16.8. The summed E-state index contributed by atoms with van der Waals surface area (Å²) in [6.45, 7) is 2.49. The molecule has 0 spiro atoms. The van der Waals surface area contributed by atoms with Crippen molar-refractivity contribution in [1.82, 2.24) is 4.31 Å². The van der Waals surface area contributed by atoms with Gasteiger partial charge in [-0.1, -0.05) is 42.5 Å². The third kappa shape index (κ3) is 6.26. The van der Waals surface area contributed by atoms with Crippen LogP contribution in [0, 0.1) is 11.7 Å². The molecule has 0 aromatic heterocycles. The van der Waals surface area contributed by atoms with Gasteiger partial charge in [-0.05, 0) is 74.1 Å². The lowest BCUT2D eigenvalue weighted by atomic mass is 9.91. The highest BCUT2D eigenvalue weighted by atomic mass is 32.2. The number of nitrogens with zero attached hydrogens (tertiary/aromatic N) is 1. The summed E-state index contributed by atoms with van der Waals surface area (Å²) in [4.78, 5) is 12.6. The lowest BCUT2D eigenvalue weighted by molar-refractivity contribution is -0.122. The second-order valence-corrected chi connectivity index (χ2v) is 10.7. The lowest BCUT2D eigenvalue weighted by Crippen LogP contribution is -2.38. The van der Waals surface area contributed by atoms with Crippen molar-refractivity contribution in [2.24, 2.45) is 5.92 Å². The minimum absolute atomic E-state index is 0.0101. The maximum Gasteiger partial charge on any atom is 0.265 e. The van der Waals surface area contributed by atoms with Crippen LogP contribution in [-0.4, -0.2) is 37.8 Å². The first kappa shape index (κ1) is 24.9. The molecule has 0 aliphatic carbocycles. The Kier molecular flexibility index (Phi) is 7.83. The van der Waals surface area contributed by atoms with Crippen LogP contribution in [-0.2, 0) is 21.2 Å². The Hall–Kier alpha value is -3.23. The molecule has 3 aromatic carbocycles.